The van der Waals surface area contributed by atoms with Gasteiger partial charge in [0, 0.05) is 21.1 Å². The second-order valence-corrected chi connectivity index (χ2v) is 3.86. The summed E-state index contributed by atoms with van der Waals surface area (Å²) in [6.07, 6.45) is 0. The van der Waals surface area contributed by atoms with Crippen LogP contribution in [0.15, 0.2) is 4.79 Å². The molecule has 80 valence electrons. The van der Waals surface area contributed by atoms with Crippen molar-refractivity contribution < 1.29 is 0 Å². The fourth-order valence-corrected chi connectivity index (χ4v) is 1.49. The number of imidazole rings is 1. The lowest BCUT2D eigenvalue weighted by molar-refractivity contribution is 0.901. The van der Waals surface area contributed by atoms with Crippen LogP contribution in [0, 0.1) is 4.77 Å². The smallest absolute Gasteiger partial charge is 0.278 e. The van der Waals surface area contributed by atoms with Crippen molar-refractivity contribution in [2.24, 2.45) is 7.05 Å². The average molecular weight is 225 g/mol. The van der Waals surface area contributed by atoms with Gasteiger partial charge < -0.3 is 14.5 Å². The van der Waals surface area contributed by atoms with Crippen molar-refractivity contribution in [3.63, 3.8) is 0 Å². The first-order valence-corrected chi connectivity index (χ1v) is 4.78. The molecule has 0 amide bonds. The summed E-state index contributed by atoms with van der Waals surface area (Å²) in [5, 5.41) is 0. The maximum atomic E-state index is 11.7. The van der Waals surface area contributed by atoms with Crippen molar-refractivity contribution in [2.45, 2.75) is 0 Å². The number of fused-ring (bicyclic) bond motifs is 1. The Balaban J connectivity index is 2.92. The third kappa shape index (κ3) is 1.44. The molecule has 2 aromatic rings. The van der Waals surface area contributed by atoms with Crippen LogP contribution >= 0.6 is 12.2 Å². The van der Waals surface area contributed by atoms with Crippen LogP contribution < -0.4 is 10.5 Å². The van der Waals surface area contributed by atoms with E-state index in [1.165, 1.54) is 0 Å². The fraction of sp³-hybridized carbons (Fsp3) is 0.375. The first kappa shape index (κ1) is 9.91. The number of hydrogen-bond acceptors (Lipinski definition) is 4. The Morgan fingerprint density at radius 1 is 1.40 bits per heavy atom. The molecule has 0 atom stereocenters. The summed E-state index contributed by atoms with van der Waals surface area (Å²) < 4.78 is 2.16. The highest BCUT2D eigenvalue weighted by Crippen LogP contribution is 2.08. The monoisotopic (exact) mass is 225 g/mol. The highest BCUT2D eigenvalue weighted by atomic mass is 32.1. The zero-order chi connectivity index (χ0) is 11.2. The van der Waals surface area contributed by atoms with Gasteiger partial charge >= 0.3 is 0 Å². The standard InChI is InChI=1S/C8H11N5OS/c1-12(2)7-10-5-4(6(14)11-7)9-8(15)13(5)3/h1-3H3,(H,9,15)(H,10,11,14). The Bertz CT molecular complexity index is 620. The van der Waals surface area contributed by atoms with Crippen molar-refractivity contribution in [3.8, 4) is 0 Å². The molecule has 6 nitrogen and oxygen atoms in total. The Morgan fingerprint density at radius 2 is 2.07 bits per heavy atom. The van der Waals surface area contributed by atoms with Crippen LogP contribution in [0.4, 0.5) is 5.95 Å². The maximum Gasteiger partial charge on any atom is 0.278 e. The number of H-pyrrole nitrogens is 2. The summed E-state index contributed by atoms with van der Waals surface area (Å²) >= 11 is 5.02. The molecule has 0 saturated carbocycles. The molecule has 2 heterocycles. The predicted octanol–water partition coefficient (Wildman–Crippen LogP) is 0.385. The van der Waals surface area contributed by atoms with Gasteiger partial charge in [0.1, 0.15) is 0 Å². The molecule has 0 radical (unpaired) electrons. The second-order valence-electron chi connectivity index (χ2n) is 3.47. The van der Waals surface area contributed by atoms with Crippen molar-refractivity contribution in [1.82, 2.24) is 19.5 Å². The molecule has 0 bridgehead atoms. The Labute approximate surface area is 90.6 Å². The Kier molecular flexibility index (Phi) is 2.11. The van der Waals surface area contributed by atoms with Gasteiger partial charge in [-0.05, 0) is 12.2 Å². The molecule has 0 fully saturated rings. The van der Waals surface area contributed by atoms with Gasteiger partial charge in [0.05, 0.1) is 0 Å². The van der Waals surface area contributed by atoms with Crippen LogP contribution in [0.1, 0.15) is 0 Å². The molecule has 0 aromatic carbocycles. The minimum absolute atomic E-state index is 0.213. The highest BCUT2D eigenvalue weighted by molar-refractivity contribution is 7.71. The Hall–Kier alpha value is -1.63. The quantitative estimate of drug-likeness (QED) is 0.689. The summed E-state index contributed by atoms with van der Waals surface area (Å²) in [5.74, 6) is 0.511. The molecule has 7 heteroatoms. The van der Waals surface area contributed by atoms with Crippen LogP contribution in [0.5, 0.6) is 0 Å². The number of aromatic nitrogens is 4. The van der Waals surface area contributed by atoms with Crippen molar-refractivity contribution in [3.05, 3.63) is 15.1 Å². The number of nitrogens with zero attached hydrogens (tertiary/aromatic N) is 3. The SMILES string of the molecule is CN(C)c1nc2c([nH]c(=S)n2C)c(=O)[nH]1. The zero-order valence-corrected chi connectivity index (χ0v) is 9.47. The lowest BCUT2D eigenvalue weighted by Crippen LogP contribution is -2.19. The van der Waals surface area contributed by atoms with Crippen molar-refractivity contribution in [1.29, 1.82) is 0 Å². The van der Waals surface area contributed by atoms with E-state index in [-0.39, 0.29) is 5.56 Å². The van der Waals surface area contributed by atoms with Gasteiger partial charge in [0.15, 0.2) is 15.9 Å². The fourth-order valence-electron chi connectivity index (χ4n) is 1.30. The van der Waals surface area contributed by atoms with E-state index in [0.717, 1.165) is 0 Å². The van der Waals surface area contributed by atoms with Gasteiger partial charge in [-0.2, -0.15) is 4.98 Å². The van der Waals surface area contributed by atoms with Crippen molar-refractivity contribution >= 4 is 29.3 Å². The Morgan fingerprint density at radius 3 is 2.67 bits per heavy atom. The third-order valence-corrected chi connectivity index (χ3v) is 2.54. The van der Waals surface area contributed by atoms with E-state index in [2.05, 4.69) is 15.0 Å². The molecular weight excluding hydrogens is 214 g/mol. The summed E-state index contributed by atoms with van der Waals surface area (Å²) in [4.78, 5) is 23.2. The molecule has 0 aliphatic heterocycles. The van der Waals surface area contributed by atoms with E-state index in [9.17, 15) is 4.79 Å². The minimum atomic E-state index is -0.213. The molecular formula is C8H11N5OS. The molecule has 2 aromatic heterocycles. The number of rotatable bonds is 1. The van der Waals surface area contributed by atoms with Crippen LogP contribution in [-0.2, 0) is 7.05 Å². The lowest BCUT2D eigenvalue weighted by atomic mass is 10.5. The molecule has 2 rings (SSSR count). The summed E-state index contributed by atoms with van der Waals surface area (Å²) in [6, 6.07) is 0. The number of anilines is 1. The van der Waals surface area contributed by atoms with Gasteiger partial charge in [-0.25, -0.2) is 0 Å². The largest absolute Gasteiger partial charge is 0.348 e. The van der Waals surface area contributed by atoms with E-state index < -0.39 is 0 Å². The van der Waals surface area contributed by atoms with E-state index >= 15 is 0 Å². The summed E-state index contributed by atoms with van der Waals surface area (Å²) in [5.41, 5.74) is 0.760. The number of aromatic amines is 2. The maximum absolute atomic E-state index is 11.7. The minimum Gasteiger partial charge on any atom is -0.348 e. The molecule has 0 aliphatic carbocycles. The third-order valence-electron chi connectivity index (χ3n) is 2.17. The molecule has 0 unspecified atom stereocenters. The summed E-state index contributed by atoms with van der Waals surface area (Å²) in [7, 11) is 5.39. The van der Waals surface area contributed by atoms with Crippen LogP contribution in [-0.4, -0.2) is 33.6 Å². The van der Waals surface area contributed by atoms with Gasteiger partial charge in [-0.1, -0.05) is 0 Å². The molecule has 2 N–H and O–H groups in total. The predicted molar refractivity (Wildman–Crippen MR) is 60.8 cm³/mol. The first-order valence-electron chi connectivity index (χ1n) is 4.37. The normalized spacial score (nSPS) is 10.9. The van der Waals surface area contributed by atoms with Crippen LogP contribution in [0.2, 0.25) is 0 Å². The van der Waals surface area contributed by atoms with Gasteiger partial charge in [-0.3, -0.25) is 9.78 Å². The second kappa shape index (κ2) is 3.20. The topological polar surface area (TPSA) is 69.7 Å². The zero-order valence-electron chi connectivity index (χ0n) is 8.66. The van der Waals surface area contributed by atoms with Crippen LogP contribution in [0.3, 0.4) is 0 Å². The van der Waals surface area contributed by atoms with Crippen LogP contribution in [0.25, 0.3) is 11.2 Å². The lowest BCUT2D eigenvalue weighted by Gasteiger charge is -2.09. The number of aryl methyl sites for hydroxylation is 1. The number of hydrogen-bond donors (Lipinski definition) is 2. The van der Waals surface area contributed by atoms with E-state index in [1.807, 2.05) is 14.1 Å². The molecule has 15 heavy (non-hydrogen) atoms. The van der Waals surface area contributed by atoms with E-state index in [4.69, 9.17) is 12.2 Å². The average Bonchev–Trinajstić information content (AvgIpc) is 2.45. The number of nitrogens with one attached hydrogen (secondary N) is 2. The summed E-state index contributed by atoms with van der Waals surface area (Å²) in [6.45, 7) is 0. The van der Waals surface area contributed by atoms with Crippen molar-refractivity contribution in [2.75, 3.05) is 19.0 Å². The van der Waals surface area contributed by atoms with Gasteiger partial charge in [0.2, 0.25) is 5.95 Å². The first-order chi connectivity index (χ1) is 7.00. The van der Waals surface area contributed by atoms with Gasteiger partial charge in [0.25, 0.3) is 5.56 Å². The molecule has 0 saturated heterocycles. The van der Waals surface area contributed by atoms with E-state index in [0.29, 0.717) is 21.9 Å². The highest BCUT2D eigenvalue weighted by Gasteiger charge is 2.09. The molecule has 0 spiro atoms. The van der Waals surface area contributed by atoms with Gasteiger partial charge in [-0.15, -0.1) is 0 Å². The van der Waals surface area contributed by atoms with E-state index in [1.54, 1.807) is 16.5 Å². The molecule has 0 aliphatic rings.